The van der Waals surface area contributed by atoms with Crippen LogP contribution in [0.25, 0.3) is 0 Å². The molecule has 5 heteroatoms. The zero-order valence-corrected chi connectivity index (χ0v) is 9.24. The summed E-state index contributed by atoms with van der Waals surface area (Å²) in [5.74, 6) is -0.742. The molecule has 0 aromatic rings. The molecule has 0 bridgehead atoms. The second kappa shape index (κ2) is 9.45. The SMILES string of the molecule is CCN(CCCNC=O)CCCC(=O)O. The van der Waals surface area contributed by atoms with Crippen LogP contribution < -0.4 is 5.32 Å². The van der Waals surface area contributed by atoms with Crippen LogP contribution in [0.2, 0.25) is 0 Å². The number of carbonyl (C=O) groups excluding carboxylic acids is 1. The highest BCUT2D eigenvalue weighted by atomic mass is 16.4. The molecule has 0 fully saturated rings. The van der Waals surface area contributed by atoms with Gasteiger partial charge < -0.3 is 15.3 Å². The summed E-state index contributed by atoms with van der Waals surface area (Å²) in [4.78, 5) is 22.5. The van der Waals surface area contributed by atoms with Gasteiger partial charge in [0, 0.05) is 13.0 Å². The highest BCUT2D eigenvalue weighted by molar-refractivity contribution is 5.66. The van der Waals surface area contributed by atoms with Crippen molar-refractivity contribution < 1.29 is 14.7 Å². The largest absolute Gasteiger partial charge is 0.481 e. The average Bonchev–Trinajstić information content (AvgIpc) is 2.21. The van der Waals surface area contributed by atoms with Crippen molar-refractivity contribution in [1.82, 2.24) is 10.2 Å². The van der Waals surface area contributed by atoms with Crippen molar-refractivity contribution in [2.45, 2.75) is 26.2 Å². The molecule has 0 aliphatic rings. The van der Waals surface area contributed by atoms with Crippen molar-refractivity contribution in [2.24, 2.45) is 0 Å². The first-order valence-electron chi connectivity index (χ1n) is 5.32. The number of hydrogen-bond acceptors (Lipinski definition) is 3. The van der Waals surface area contributed by atoms with E-state index in [4.69, 9.17) is 5.11 Å². The molecule has 0 radical (unpaired) electrons. The topological polar surface area (TPSA) is 69.6 Å². The molecule has 5 nitrogen and oxygen atoms in total. The van der Waals surface area contributed by atoms with E-state index in [1.165, 1.54) is 0 Å². The van der Waals surface area contributed by atoms with E-state index in [1.54, 1.807) is 0 Å². The lowest BCUT2D eigenvalue weighted by molar-refractivity contribution is -0.137. The number of rotatable bonds is 10. The van der Waals surface area contributed by atoms with Gasteiger partial charge in [0.2, 0.25) is 6.41 Å². The molecule has 88 valence electrons. The minimum atomic E-state index is -0.742. The first-order valence-corrected chi connectivity index (χ1v) is 5.32. The Hall–Kier alpha value is -1.10. The molecule has 2 N–H and O–H groups in total. The van der Waals surface area contributed by atoms with Crippen LogP contribution >= 0.6 is 0 Å². The minimum Gasteiger partial charge on any atom is -0.481 e. The third-order valence-corrected chi connectivity index (χ3v) is 2.19. The number of aliphatic carboxylic acids is 1. The van der Waals surface area contributed by atoms with Gasteiger partial charge in [-0.3, -0.25) is 9.59 Å². The number of carbonyl (C=O) groups is 2. The Balaban J connectivity index is 3.45. The fourth-order valence-corrected chi connectivity index (χ4v) is 1.35. The lowest BCUT2D eigenvalue weighted by atomic mass is 10.3. The van der Waals surface area contributed by atoms with Crippen molar-refractivity contribution in [2.75, 3.05) is 26.2 Å². The van der Waals surface area contributed by atoms with Crippen molar-refractivity contribution in [3.05, 3.63) is 0 Å². The summed E-state index contributed by atoms with van der Waals surface area (Å²) in [5, 5.41) is 11.1. The zero-order chi connectivity index (χ0) is 11.5. The van der Waals surface area contributed by atoms with Crippen LogP contribution in [-0.2, 0) is 9.59 Å². The summed E-state index contributed by atoms with van der Waals surface area (Å²) in [6, 6.07) is 0. The third kappa shape index (κ3) is 9.21. The van der Waals surface area contributed by atoms with Gasteiger partial charge in [-0.2, -0.15) is 0 Å². The molecule has 0 saturated carbocycles. The maximum absolute atomic E-state index is 10.3. The fraction of sp³-hybridized carbons (Fsp3) is 0.800. The van der Waals surface area contributed by atoms with E-state index < -0.39 is 5.97 Å². The number of carboxylic acid groups (broad SMARTS) is 1. The number of nitrogens with one attached hydrogen (secondary N) is 1. The van der Waals surface area contributed by atoms with Gasteiger partial charge in [0.05, 0.1) is 0 Å². The summed E-state index contributed by atoms with van der Waals surface area (Å²) < 4.78 is 0. The second-order valence-electron chi connectivity index (χ2n) is 3.36. The van der Waals surface area contributed by atoms with E-state index in [0.29, 0.717) is 19.4 Å². The number of carboxylic acids is 1. The molecule has 0 atom stereocenters. The smallest absolute Gasteiger partial charge is 0.303 e. The Morgan fingerprint density at radius 3 is 2.60 bits per heavy atom. The maximum atomic E-state index is 10.3. The van der Waals surface area contributed by atoms with Crippen LogP contribution in [0.15, 0.2) is 0 Å². The highest BCUT2D eigenvalue weighted by Crippen LogP contribution is 1.96. The monoisotopic (exact) mass is 216 g/mol. The molecule has 0 aromatic carbocycles. The lowest BCUT2D eigenvalue weighted by Gasteiger charge is -2.19. The van der Waals surface area contributed by atoms with Gasteiger partial charge in [-0.1, -0.05) is 6.92 Å². The molecular weight excluding hydrogens is 196 g/mol. The van der Waals surface area contributed by atoms with Crippen molar-refractivity contribution in [3.8, 4) is 0 Å². The minimum absolute atomic E-state index is 0.225. The van der Waals surface area contributed by atoms with E-state index >= 15 is 0 Å². The Morgan fingerprint density at radius 1 is 1.40 bits per heavy atom. The van der Waals surface area contributed by atoms with Crippen LogP contribution in [0.4, 0.5) is 0 Å². The summed E-state index contributed by atoms with van der Waals surface area (Å²) >= 11 is 0. The van der Waals surface area contributed by atoms with Gasteiger partial charge >= 0.3 is 5.97 Å². The normalized spacial score (nSPS) is 10.3. The van der Waals surface area contributed by atoms with Crippen LogP contribution in [0.5, 0.6) is 0 Å². The Morgan fingerprint density at radius 2 is 2.07 bits per heavy atom. The Labute approximate surface area is 90.5 Å². The summed E-state index contributed by atoms with van der Waals surface area (Å²) in [5.41, 5.74) is 0. The summed E-state index contributed by atoms with van der Waals surface area (Å²) in [6.45, 7) is 5.36. The predicted octanol–water partition coefficient (Wildman–Crippen LogP) is 0.309. The highest BCUT2D eigenvalue weighted by Gasteiger charge is 2.03. The quantitative estimate of drug-likeness (QED) is 0.407. The van der Waals surface area contributed by atoms with E-state index in [9.17, 15) is 9.59 Å². The average molecular weight is 216 g/mol. The first kappa shape index (κ1) is 13.9. The number of amides is 1. The molecule has 0 rings (SSSR count). The third-order valence-electron chi connectivity index (χ3n) is 2.19. The van der Waals surface area contributed by atoms with Crippen LogP contribution in [-0.4, -0.2) is 48.6 Å². The van der Waals surface area contributed by atoms with E-state index in [2.05, 4.69) is 10.2 Å². The van der Waals surface area contributed by atoms with Gasteiger partial charge in [-0.25, -0.2) is 0 Å². The number of nitrogens with zero attached hydrogens (tertiary/aromatic N) is 1. The lowest BCUT2D eigenvalue weighted by Crippen LogP contribution is -2.28. The molecule has 1 amide bonds. The Kier molecular flexibility index (Phi) is 8.76. The maximum Gasteiger partial charge on any atom is 0.303 e. The summed E-state index contributed by atoms with van der Waals surface area (Å²) in [7, 11) is 0. The van der Waals surface area contributed by atoms with Crippen molar-refractivity contribution in [3.63, 3.8) is 0 Å². The van der Waals surface area contributed by atoms with Gasteiger partial charge in [0.25, 0.3) is 0 Å². The van der Waals surface area contributed by atoms with Crippen LogP contribution in [0.3, 0.4) is 0 Å². The molecule has 0 aliphatic carbocycles. The van der Waals surface area contributed by atoms with E-state index in [1.807, 2.05) is 6.92 Å². The molecular formula is C10H20N2O3. The molecule has 0 heterocycles. The van der Waals surface area contributed by atoms with E-state index in [0.717, 1.165) is 26.1 Å². The van der Waals surface area contributed by atoms with E-state index in [-0.39, 0.29) is 6.42 Å². The van der Waals surface area contributed by atoms with Crippen molar-refractivity contribution >= 4 is 12.4 Å². The molecule has 0 saturated heterocycles. The zero-order valence-electron chi connectivity index (χ0n) is 9.24. The van der Waals surface area contributed by atoms with Crippen LogP contribution in [0, 0.1) is 0 Å². The van der Waals surface area contributed by atoms with Gasteiger partial charge in [-0.05, 0) is 32.5 Å². The van der Waals surface area contributed by atoms with Crippen LogP contribution in [0.1, 0.15) is 26.2 Å². The first-order chi connectivity index (χ1) is 7.20. The molecule has 0 aromatic heterocycles. The molecule has 0 unspecified atom stereocenters. The van der Waals surface area contributed by atoms with Gasteiger partial charge in [0.1, 0.15) is 0 Å². The second-order valence-corrected chi connectivity index (χ2v) is 3.36. The summed E-state index contributed by atoms with van der Waals surface area (Å²) in [6.07, 6.45) is 2.51. The fourth-order valence-electron chi connectivity index (χ4n) is 1.35. The predicted molar refractivity (Wildman–Crippen MR) is 57.7 cm³/mol. The molecule has 0 aliphatic heterocycles. The standard InChI is InChI=1S/C10H20N2O3/c1-2-12(7-3-5-10(14)15)8-4-6-11-9-13/h9H,2-8H2,1H3,(H,11,13)(H,14,15). The number of hydrogen-bond donors (Lipinski definition) is 2. The van der Waals surface area contributed by atoms with Gasteiger partial charge in [0.15, 0.2) is 0 Å². The van der Waals surface area contributed by atoms with Crippen molar-refractivity contribution in [1.29, 1.82) is 0 Å². The van der Waals surface area contributed by atoms with Gasteiger partial charge in [-0.15, -0.1) is 0 Å². The molecule has 15 heavy (non-hydrogen) atoms. The Bertz CT molecular complexity index is 186. The molecule has 0 spiro atoms.